The second kappa shape index (κ2) is 6.50. The lowest BCUT2D eigenvalue weighted by Gasteiger charge is -2.14. The summed E-state index contributed by atoms with van der Waals surface area (Å²) in [5, 5.41) is 7.86. The van der Waals surface area contributed by atoms with Gasteiger partial charge in [0.15, 0.2) is 0 Å². The van der Waals surface area contributed by atoms with Crippen molar-refractivity contribution in [2.75, 3.05) is 0 Å². The summed E-state index contributed by atoms with van der Waals surface area (Å²) in [5.74, 6) is 0. The highest BCUT2D eigenvalue weighted by Crippen LogP contribution is 2.22. The topological polar surface area (TPSA) is 12.0 Å². The minimum atomic E-state index is 0.378. The van der Waals surface area contributed by atoms with Crippen molar-refractivity contribution in [3.8, 4) is 0 Å². The Kier molecular flexibility index (Phi) is 4.98. The Hall–Kier alpha value is -0.640. The number of nitrogens with one attached hydrogen (secondary N) is 1. The molecule has 1 aromatic heterocycles. The smallest absolute Gasteiger partial charge is 0.0327 e. The molecule has 0 aliphatic carbocycles. The Morgan fingerprint density at radius 2 is 1.94 bits per heavy atom. The summed E-state index contributed by atoms with van der Waals surface area (Å²) < 4.78 is 1.20. The molecule has 0 bridgehead atoms. The van der Waals surface area contributed by atoms with Crippen LogP contribution in [0.25, 0.3) is 0 Å². The molecular formula is C15H18BrNS. The van der Waals surface area contributed by atoms with Gasteiger partial charge in [-0.2, -0.15) is 11.3 Å². The fourth-order valence-electron chi connectivity index (χ4n) is 1.86. The summed E-state index contributed by atoms with van der Waals surface area (Å²) >= 11 is 5.29. The van der Waals surface area contributed by atoms with Gasteiger partial charge in [0.25, 0.3) is 0 Å². The lowest BCUT2D eigenvalue weighted by atomic mass is 10.0. The zero-order valence-electron chi connectivity index (χ0n) is 10.7. The zero-order chi connectivity index (χ0) is 13.0. The van der Waals surface area contributed by atoms with Gasteiger partial charge in [-0.1, -0.05) is 31.2 Å². The standard InChI is InChI=1S/C15H18BrNS/c1-3-12-4-6-13(7-5-12)11(2)17-8-14-9-18-10-15(14)16/h4-7,9-11,17H,3,8H2,1-2H3. The van der Waals surface area contributed by atoms with Gasteiger partial charge in [-0.3, -0.25) is 0 Å². The third-order valence-corrected chi connectivity index (χ3v) is 5.01. The van der Waals surface area contributed by atoms with Crippen molar-refractivity contribution in [3.05, 3.63) is 56.2 Å². The van der Waals surface area contributed by atoms with Gasteiger partial charge in [-0.25, -0.2) is 0 Å². The first-order chi connectivity index (χ1) is 8.70. The molecule has 2 aromatic rings. The molecule has 18 heavy (non-hydrogen) atoms. The van der Waals surface area contributed by atoms with Crippen LogP contribution in [0.2, 0.25) is 0 Å². The molecule has 96 valence electrons. The molecule has 0 saturated carbocycles. The first-order valence-corrected chi connectivity index (χ1v) is 7.97. The van der Waals surface area contributed by atoms with E-state index in [9.17, 15) is 0 Å². The molecule has 0 aliphatic heterocycles. The van der Waals surface area contributed by atoms with Crippen LogP contribution in [-0.4, -0.2) is 0 Å². The van der Waals surface area contributed by atoms with Gasteiger partial charge in [-0.05, 0) is 51.3 Å². The molecule has 0 radical (unpaired) electrons. The predicted octanol–water partition coefficient (Wildman–Crippen LogP) is 4.92. The van der Waals surface area contributed by atoms with E-state index in [1.54, 1.807) is 11.3 Å². The molecule has 0 amide bonds. The predicted molar refractivity (Wildman–Crippen MR) is 83.1 cm³/mol. The number of aryl methyl sites for hydroxylation is 1. The highest BCUT2D eigenvalue weighted by Gasteiger charge is 2.06. The number of hydrogen-bond acceptors (Lipinski definition) is 2. The Morgan fingerprint density at radius 3 is 2.50 bits per heavy atom. The molecule has 0 aliphatic rings. The molecule has 1 N–H and O–H groups in total. The summed E-state index contributed by atoms with van der Waals surface area (Å²) in [6, 6.07) is 9.25. The third-order valence-electron chi connectivity index (χ3n) is 3.18. The molecule has 3 heteroatoms. The second-order valence-electron chi connectivity index (χ2n) is 4.44. The number of halogens is 1. The van der Waals surface area contributed by atoms with Gasteiger partial charge in [-0.15, -0.1) is 0 Å². The minimum Gasteiger partial charge on any atom is -0.306 e. The van der Waals surface area contributed by atoms with Gasteiger partial charge < -0.3 is 5.32 Å². The third kappa shape index (κ3) is 3.44. The quantitative estimate of drug-likeness (QED) is 0.823. The van der Waals surface area contributed by atoms with Gasteiger partial charge in [0.1, 0.15) is 0 Å². The minimum absolute atomic E-state index is 0.378. The second-order valence-corrected chi connectivity index (χ2v) is 6.04. The lowest BCUT2D eigenvalue weighted by molar-refractivity contribution is 0.574. The van der Waals surface area contributed by atoms with E-state index in [-0.39, 0.29) is 0 Å². The van der Waals surface area contributed by atoms with Crippen LogP contribution < -0.4 is 5.32 Å². The van der Waals surface area contributed by atoms with E-state index in [4.69, 9.17) is 0 Å². The van der Waals surface area contributed by atoms with Gasteiger partial charge in [0.05, 0.1) is 0 Å². The average molecular weight is 324 g/mol. The molecule has 2 rings (SSSR count). The summed E-state index contributed by atoms with van der Waals surface area (Å²) in [6.45, 7) is 5.30. The SMILES string of the molecule is CCc1ccc(C(C)NCc2cscc2Br)cc1. The molecule has 1 heterocycles. The van der Waals surface area contributed by atoms with E-state index in [0.717, 1.165) is 13.0 Å². The van der Waals surface area contributed by atoms with Crippen molar-refractivity contribution in [3.63, 3.8) is 0 Å². The van der Waals surface area contributed by atoms with E-state index in [1.165, 1.54) is 21.2 Å². The normalized spacial score (nSPS) is 12.6. The number of rotatable bonds is 5. The van der Waals surface area contributed by atoms with E-state index in [0.29, 0.717) is 6.04 Å². The van der Waals surface area contributed by atoms with Crippen LogP contribution in [0.15, 0.2) is 39.5 Å². The van der Waals surface area contributed by atoms with Crippen molar-refractivity contribution in [1.29, 1.82) is 0 Å². The van der Waals surface area contributed by atoms with E-state index >= 15 is 0 Å². The number of benzene rings is 1. The van der Waals surface area contributed by atoms with Crippen molar-refractivity contribution in [2.24, 2.45) is 0 Å². The summed E-state index contributed by atoms with van der Waals surface area (Å²) in [6.07, 6.45) is 1.10. The van der Waals surface area contributed by atoms with Crippen LogP contribution in [0.5, 0.6) is 0 Å². The van der Waals surface area contributed by atoms with Crippen LogP contribution in [0.3, 0.4) is 0 Å². The summed E-state index contributed by atoms with van der Waals surface area (Å²) in [5.41, 5.74) is 4.07. The van der Waals surface area contributed by atoms with Crippen LogP contribution >= 0.6 is 27.3 Å². The van der Waals surface area contributed by atoms with Gasteiger partial charge >= 0.3 is 0 Å². The van der Waals surface area contributed by atoms with Gasteiger partial charge in [0.2, 0.25) is 0 Å². The van der Waals surface area contributed by atoms with Crippen LogP contribution in [0, 0.1) is 0 Å². The van der Waals surface area contributed by atoms with Crippen molar-refractivity contribution >= 4 is 27.3 Å². The monoisotopic (exact) mass is 323 g/mol. The Morgan fingerprint density at radius 1 is 1.22 bits per heavy atom. The molecule has 1 atom stereocenters. The average Bonchev–Trinajstić information content (AvgIpc) is 2.81. The fraction of sp³-hybridized carbons (Fsp3) is 0.333. The highest BCUT2D eigenvalue weighted by molar-refractivity contribution is 9.10. The first-order valence-electron chi connectivity index (χ1n) is 6.23. The maximum absolute atomic E-state index is 3.56. The lowest BCUT2D eigenvalue weighted by Crippen LogP contribution is -2.17. The maximum Gasteiger partial charge on any atom is 0.0327 e. The van der Waals surface area contributed by atoms with E-state index < -0.39 is 0 Å². The summed E-state index contributed by atoms with van der Waals surface area (Å²) in [4.78, 5) is 0. The zero-order valence-corrected chi connectivity index (χ0v) is 13.1. The molecule has 1 nitrogen and oxygen atoms in total. The maximum atomic E-state index is 3.56. The molecular weight excluding hydrogens is 306 g/mol. The van der Waals surface area contributed by atoms with Crippen molar-refractivity contribution in [1.82, 2.24) is 5.32 Å². The Bertz CT molecular complexity index is 489. The number of hydrogen-bond donors (Lipinski definition) is 1. The molecule has 1 unspecified atom stereocenters. The summed E-state index contributed by atoms with van der Waals surface area (Å²) in [7, 11) is 0. The van der Waals surface area contributed by atoms with E-state index in [2.05, 4.69) is 70.1 Å². The molecule has 0 spiro atoms. The van der Waals surface area contributed by atoms with Crippen LogP contribution in [0.4, 0.5) is 0 Å². The van der Waals surface area contributed by atoms with Crippen molar-refractivity contribution < 1.29 is 0 Å². The molecule has 0 fully saturated rings. The highest BCUT2D eigenvalue weighted by atomic mass is 79.9. The van der Waals surface area contributed by atoms with Crippen LogP contribution in [0.1, 0.15) is 36.6 Å². The van der Waals surface area contributed by atoms with Gasteiger partial charge in [0, 0.05) is 22.4 Å². The number of thiophene rings is 1. The largest absolute Gasteiger partial charge is 0.306 e. The Labute approximate surface area is 121 Å². The Balaban J connectivity index is 1.94. The molecule has 1 aromatic carbocycles. The van der Waals surface area contributed by atoms with E-state index in [1.807, 2.05) is 0 Å². The molecule has 0 saturated heterocycles. The fourth-order valence-corrected chi connectivity index (χ4v) is 3.30. The van der Waals surface area contributed by atoms with Crippen molar-refractivity contribution in [2.45, 2.75) is 32.9 Å². The van der Waals surface area contributed by atoms with Crippen LogP contribution in [-0.2, 0) is 13.0 Å². The first kappa shape index (κ1) is 13.8.